The number of H-pyrrole nitrogens is 1. The summed E-state index contributed by atoms with van der Waals surface area (Å²) in [5.41, 5.74) is 3.64. The summed E-state index contributed by atoms with van der Waals surface area (Å²) in [4.78, 5) is 33.2. The third-order valence-electron chi connectivity index (χ3n) is 7.48. The molecule has 4 aromatic rings. The smallest absolute Gasteiger partial charge is 0.410 e. The summed E-state index contributed by atoms with van der Waals surface area (Å²) in [5, 5.41) is 3.82. The number of fused-ring (bicyclic) bond motifs is 1. The predicted octanol–water partition coefficient (Wildman–Crippen LogP) is 5.06. The number of para-hydroxylation sites is 1. The van der Waals surface area contributed by atoms with Crippen LogP contribution in [0.25, 0.3) is 10.9 Å². The van der Waals surface area contributed by atoms with Crippen molar-refractivity contribution in [2.75, 3.05) is 36.4 Å². The molecule has 11 heteroatoms. The summed E-state index contributed by atoms with van der Waals surface area (Å²) in [7, 11) is -3.98. The van der Waals surface area contributed by atoms with Crippen molar-refractivity contribution < 1.29 is 22.7 Å². The first kappa shape index (κ1) is 31.1. The second-order valence-electron chi connectivity index (χ2n) is 12.0. The third kappa shape index (κ3) is 7.59. The Hall–Kier alpha value is -4.35. The lowest BCUT2D eigenvalue weighted by Gasteiger charge is -2.36. The van der Waals surface area contributed by atoms with E-state index >= 15 is 0 Å². The van der Waals surface area contributed by atoms with E-state index in [4.69, 9.17) is 4.74 Å². The number of aromatic nitrogens is 1. The highest BCUT2D eigenvalue weighted by Crippen LogP contribution is 2.23. The number of amides is 2. The second-order valence-corrected chi connectivity index (χ2v) is 13.8. The molecule has 1 fully saturated rings. The number of aryl methyl sites for hydroxylation is 1. The zero-order chi connectivity index (χ0) is 31.5. The maximum absolute atomic E-state index is 13.6. The lowest BCUT2D eigenvalue weighted by Crippen LogP contribution is -2.50. The highest BCUT2D eigenvalue weighted by molar-refractivity contribution is 7.89. The van der Waals surface area contributed by atoms with Crippen LogP contribution >= 0.6 is 0 Å². The summed E-state index contributed by atoms with van der Waals surface area (Å²) in [6, 6.07) is 20.5. The van der Waals surface area contributed by atoms with Gasteiger partial charge in [-0.15, -0.1) is 0 Å². The molecule has 1 saturated heterocycles. The largest absolute Gasteiger partial charge is 0.444 e. The number of carbonyl (C=O) groups excluding carboxylic acids is 2. The van der Waals surface area contributed by atoms with Crippen molar-refractivity contribution in [1.82, 2.24) is 14.6 Å². The minimum Gasteiger partial charge on any atom is -0.444 e. The molecule has 0 bridgehead atoms. The normalized spacial score (nSPS) is 14.8. The van der Waals surface area contributed by atoms with Gasteiger partial charge in [-0.05, 0) is 82.1 Å². The zero-order valence-corrected chi connectivity index (χ0v) is 26.3. The fourth-order valence-electron chi connectivity index (χ4n) is 5.14. The average Bonchev–Trinajstić information content (AvgIpc) is 3.39. The van der Waals surface area contributed by atoms with Crippen LogP contribution in [0.2, 0.25) is 0 Å². The van der Waals surface area contributed by atoms with Crippen LogP contribution in [-0.4, -0.2) is 68.1 Å². The Morgan fingerprint density at radius 1 is 0.932 bits per heavy atom. The van der Waals surface area contributed by atoms with Gasteiger partial charge in [0, 0.05) is 54.7 Å². The van der Waals surface area contributed by atoms with Gasteiger partial charge in [0.2, 0.25) is 15.9 Å². The van der Waals surface area contributed by atoms with Crippen molar-refractivity contribution in [3.05, 3.63) is 90.1 Å². The van der Waals surface area contributed by atoms with Gasteiger partial charge >= 0.3 is 6.09 Å². The van der Waals surface area contributed by atoms with Gasteiger partial charge in [0.1, 0.15) is 11.6 Å². The van der Waals surface area contributed by atoms with Gasteiger partial charge < -0.3 is 24.8 Å². The van der Waals surface area contributed by atoms with Crippen molar-refractivity contribution in [2.45, 2.75) is 50.7 Å². The number of hydrogen-bond acceptors (Lipinski definition) is 6. The summed E-state index contributed by atoms with van der Waals surface area (Å²) in [6.45, 7) is 9.83. The SMILES string of the molecule is Cc1ccc(S(=O)(=O)N[C@@H](Cc2c[nH]c3ccccc23)C(=O)Nc2ccc(N3CCN(C(=O)OC(C)(C)C)CC3)cc2)cc1. The Kier molecular flexibility index (Phi) is 8.98. The summed E-state index contributed by atoms with van der Waals surface area (Å²) in [5.74, 6) is -0.468. The molecule has 44 heavy (non-hydrogen) atoms. The van der Waals surface area contributed by atoms with Gasteiger partial charge in [-0.1, -0.05) is 35.9 Å². The van der Waals surface area contributed by atoms with Gasteiger partial charge in [-0.2, -0.15) is 4.72 Å². The lowest BCUT2D eigenvalue weighted by molar-refractivity contribution is -0.117. The van der Waals surface area contributed by atoms with E-state index in [2.05, 4.69) is 19.9 Å². The topological polar surface area (TPSA) is 124 Å². The molecule has 1 atom stereocenters. The Balaban J connectivity index is 1.28. The molecule has 1 aliphatic rings. The van der Waals surface area contributed by atoms with E-state index in [9.17, 15) is 18.0 Å². The van der Waals surface area contributed by atoms with Gasteiger partial charge in [0.05, 0.1) is 4.90 Å². The number of rotatable bonds is 8. The van der Waals surface area contributed by atoms with Crippen LogP contribution in [0.5, 0.6) is 0 Å². The third-order valence-corrected chi connectivity index (χ3v) is 8.96. The van der Waals surface area contributed by atoms with E-state index in [1.165, 1.54) is 12.1 Å². The van der Waals surface area contributed by atoms with E-state index in [1.54, 1.807) is 29.2 Å². The highest BCUT2D eigenvalue weighted by atomic mass is 32.2. The number of benzene rings is 3. The number of piperazine rings is 1. The van der Waals surface area contributed by atoms with Crippen molar-refractivity contribution in [3.63, 3.8) is 0 Å². The van der Waals surface area contributed by atoms with Gasteiger partial charge in [0.15, 0.2) is 0 Å². The summed E-state index contributed by atoms with van der Waals surface area (Å²) in [6.07, 6.45) is 1.65. The van der Waals surface area contributed by atoms with Gasteiger partial charge in [-0.25, -0.2) is 13.2 Å². The van der Waals surface area contributed by atoms with E-state index < -0.39 is 27.6 Å². The number of carbonyl (C=O) groups is 2. The number of aromatic amines is 1. The van der Waals surface area contributed by atoms with Crippen molar-refractivity contribution in [1.29, 1.82) is 0 Å². The number of nitrogens with zero attached hydrogens (tertiary/aromatic N) is 2. The standard InChI is InChI=1S/C33H39N5O5S/c1-23-9-15-27(16-10-23)44(41,42)36-30(21-24-22-34-29-8-6-5-7-28(24)29)31(39)35-25-11-13-26(14-12-25)37-17-19-38(20-18-37)32(40)43-33(2,3)4/h5-16,22,30,34,36H,17-21H2,1-4H3,(H,35,39)/t30-/m0/s1. The first-order valence-corrected chi connectivity index (χ1v) is 16.1. The molecular formula is C33H39N5O5S. The molecule has 2 heterocycles. The van der Waals surface area contributed by atoms with E-state index in [0.717, 1.165) is 27.7 Å². The van der Waals surface area contributed by atoms with Crippen LogP contribution in [0.1, 0.15) is 31.9 Å². The lowest BCUT2D eigenvalue weighted by atomic mass is 10.0. The molecule has 3 N–H and O–H groups in total. The van der Waals surface area contributed by atoms with Crippen LogP contribution in [0.15, 0.2) is 83.9 Å². The zero-order valence-electron chi connectivity index (χ0n) is 25.5. The first-order chi connectivity index (χ1) is 20.9. The molecule has 0 aliphatic carbocycles. The summed E-state index contributed by atoms with van der Waals surface area (Å²) >= 11 is 0. The number of nitrogens with one attached hydrogen (secondary N) is 3. The highest BCUT2D eigenvalue weighted by Gasteiger charge is 2.28. The average molecular weight is 618 g/mol. The maximum Gasteiger partial charge on any atom is 0.410 e. The monoisotopic (exact) mass is 617 g/mol. The van der Waals surface area contributed by atoms with Crippen molar-refractivity contribution in [3.8, 4) is 0 Å². The fourth-order valence-corrected chi connectivity index (χ4v) is 6.34. The number of anilines is 2. The molecule has 0 spiro atoms. The van der Waals surface area contributed by atoms with E-state index in [1.807, 2.05) is 70.3 Å². The number of hydrogen-bond donors (Lipinski definition) is 3. The number of ether oxygens (including phenoxy) is 1. The molecule has 2 amide bonds. The maximum atomic E-state index is 13.6. The van der Waals surface area contributed by atoms with Crippen LogP contribution in [0.3, 0.4) is 0 Å². The Morgan fingerprint density at radius 3 is 2.25 bits per heavy atom. The Labute approximate surface area is 258 Å². The predicted molar refractivity (Wildman–Crippen MR) is 172 cm³/mol. The second kappa shape index (κ2) is 12.7. The van der Waals surface area contributed by atoms with Crippen LogP contribution < -0.4 is 14.9 Å². The van der Waals surface area contributed by atoms with Crippen molar-refractivity contribution in [2.24, 2.45) is 0 Å². The molecule has 0 saturated carbocycles. The van der Waals surface area contributed by atoms with E-state index in [0.29, 0.717) is 31.9 Å². The Morgan fingerprint density at radius 2 is 1.59 bits per heavy atom. The molecule has 0 unspecified atom stereocenters. The molecular weight excluding hydrogens is 578 g/mol. The molecule has 1 aromatic heterocycles. The van der Waals surface area contributed by atoms with Crippen LogP contribution in [-0.2, 0) is 26.0 Å². The molecule has 232 valence electrons. The quantitative estimate of drug-likeness (QED) is 0.254. The van der Waals surface area contributed by atoms with Crippen LogP contribution in [0.4, 0.5) is 16.2 Å². The van der Waals surface area contributed by atoms with Crippen molar-refractivity contribution >= 4 is 44.3 Å². The number of sulfonamides is 1. The minimum atomic E-state index is -3.98. The molecule has 10 nitrogen and oxygen atoms in total. The van der Waals surface area contributed by atoms with Gasteiger partial charge in [0.25, 0.3) is 0 Å². The Bertz CT molecular complexity index is 1720. The first-order valence-electron chi connectivity index (χ1n) is 14.7. The molecule has 0 radical (unpaired) electrons. The minimum absolute atomic E-state index is 0.0935. The molecule has 1 aliphatic heterocycles. The molecule has 5 rings (SSSR count). The molecule has 3 aromatic carbocycles. The van der Waals surface area contributed by atoms with Crippen LogP contribution in [0, 0.1) is 6.92 Å². The van der Waals surface area contributed by atoms with E-state index in [-0.39, 0.29) is 17.4 Å². The summed E-state index contributed by atoms with van der Waals surface area (Å²) < 4.78 is 34.8. The fraction of sp³-hybridized carbons (Fsp3) is 0.333. The van der Waals surface area contributed by atoms with Gasteiger partial charge in [-0.3, -0.25) is 4.79 Å².